The zero-order chi connectivity index (χ0) is 10.8. The van der Waals surface area contributed by atoms with Gasteiger partial charge in [-0.15, -0.1) is 0 Å². The average Bonchev–Trinajstić information content (AvgIpc) is 2.72. The summed E-state index contributed by atoms with van der Waals surface area (Å²) in [6.07, 6.45) is 1.48. The van der Waals surface area contributed by atoms with Gasteiger partial charge in [0.05, 0.1) is 12.9 Å². The molecule has 0 amide bonds. The van der Waals surface area contributed by atoms with Crippen LogP contribution in [0.4, 0.5) is 0 Å². The van der Waals surface area contributed by atoms with Crippen LogP contribution in [0.2, 0.25) is 5.15 Å². The Morgan fingerprint density at radius 3 is 3.07 bits per heavy atom. The van der Waals surface area contributed by atoms with E-state index in [1.54, 1.807) is 15.9 Å². The molecule has 0 aliphatic carbocycles. The van der Waals surface area contributed by atoms with Gasteiger partial charge in [0, 0.05) is 0 Å². The quantitative estimate of drug-likeness (QED) is 0.615. The molecule has 0 aromatic carbocycles. The van der Waals surface area contributed by atoms with Gasteiger partial charge in [-0.25, -0.2) is 4.98 Å². The molecule has 2 aromatic rings. The van der Waals surface area contributed by atoms with Gasteiger partial charge in [-0.3, -0.25) is 9.36 Å². The number of aromatic nitrogens is 2. The molecule has 15 heavy (non-hydrogen) atoms. The number of nitrogens with zero attached hydrogens (tertiary/aromatic N) is 2. The maximum atomic E-state index is 11.8. The van der Waals surface area contributed by atoms with Crippen molar-refractivity contribution in [2.45, 2.75) is 6.54 Å². The zero-order valence-electron chi connectivity index (χ0n) is 7.48. The summed E-state index contributed by atoms with van der Waals surface area (Å²) in [7, 11) is 0. The predicted molar refractivity (Wildman–Crippen MR) is 69.6 cm³/mol. The fourth-order valence-corrected chi connectivity index (χ4v) is 2.37. The highest BCUT2D eigenvalue weighted by molar-refractivity contribution is 14.1. The van der Waals surface area contributed by atoms with Crippen LogP contribution < -0.4 is 5.56 Å². The van der Waals surface area contributed by atoms with Gasteiger partial charge in [-0.05, 0) is 45.0 Å². The number of hydrogen-bond acceptors (Lipinski definition) is 3. The third kappa shape index (κ3) is 2.40. The second kappa shape index (κ2) is 4.63. The lowest BCUT2D eigenvalue weighted by atomic mass is 10.3. The minimum Gasteiger partial charge on any atom is -0.294 e. The molecule has 0 aliphatic rings. The summed E-state index contributed by atoms with van der Waals surface area (Å²) in [5.74, 6) is 0. The third-order valence-electron chi connectivity index (χ3n) is 1.87. The predicted octanol–water partition coefficient (Wildman–Crippen LogP) is 2.61. The van der Waals surface area contributed by atoms with Crippen molar-refractivity contribution in [2.24, 2.45) is 0 Å². The average molecular weight is 353 g/mol. The first kappa shape index (κ1) is 11.1. The van der Waals surface area contributed by atoms with Gasteiger partial charge in [-0.2, -0.15) is 11.3 Å². The van der Waals surface area contributed by atoms with Gasteiger partial charge < -0.3 is 0 Å². The molecule has 0 spiro atoms. The van der Waals surface area contributed by atoms with Crippen molar-refractivity contribution < 1.29 is 0 Å². The van der Waals surface area contributed by atoms with Crippen LogP contribution in [0.15, 0.2) is 27.9 Å². The maximum Gasteiger partial charge on any atom is 0.268 e. The summed E-state index contributed by atoms with van der Waals surface area (Å²) in [4.78, 5) is 15.7. The summed E-state index contributed by atoms with van der Waals surface area (Å²) in [6.45, 7) is 0.544. The van der Waals surface area contributed by atoms with Crippen molar-refractivity contribution in [3.8, 4) is 0 Å². The van der Waals surface area contributed by atoms with E-state index in [9.17, 15) is 4.79 Å². The smallest absolute Gasteiger partial charge is 0.268 e. The van der Waals surface area contributed by atoms with E-state index in [1.807, 2.05) is 39.4 Å². The van der Waals surface area contributed by atoms with Crippen molar-refractivity contribution in [3.05, 3.63) is 47.8 Å². The van der Waals surface area contributed by atoms with Crippen LogP contribution in [0.3, 0.4) is 0 Å². The van der Waals surface area contributed by atoms with Gasteiger partial charge in [0.25, 0.3) is 5.56 Å². The third-order valence-corrected chi connectivity index (χ3v) is 4.18. The second-order valence-corrected chi connectivity index (χ2v) is 5.13. The Hall–Kier alpha value is -0.400. The molecule has 0 aliphatic heterocycles. The molecule has 6 heteroatoms. The SMILES string of the molecule is O=c1c(I)c(Cl)ncn1Cc1ccsc1. The molecule has 0 unspecified atom stereocenters. The van der Waals surface area contributed by atoms with E-state index in [4.69, 9.17) is 11.6 Å². The Bertz CT molecular complexity index is 523. The normalized spacial score (nSPS) is 10.5. The molecule has 2 heterocycles. The molecule has 0 saturated heterocycles. The lowest BCUT2D eigenvalue weighted by Gasteiger charge is -2.04. The Balaban J connectivity index is 2.38. The molecular weight excluding hydrogens is 347 g/mol. The van der Waals surface area contributed by atoms with Crippen LogP contribution in [0, 0.1) is 3.57 Å². The van der Waals surface area contributed by atoms with E-state index in [2.05, 4.69) is 4.98 Å². The molecule has 0 atom stereocenters. The molecule has 0 N–H and O–H groups in total. The summed E-state index contributed by atoms with van der Waals surface area (Å²) < 4.78 is 2.02. The Kier molecular flexibility index (Phi) is 3.42. The summed E-state index contributed by atoms with van der Waals surface area (Å²) in [5.41, 5.74) is 1.00. The zero-order valence-corrected chi connectivity index (χ0v) is 11.2. The summed E-state index contributed by atoms with van der Waals surface area (Å²) in [6, 6.07) is 1.98. The van der Waals surface area contributed by atoms with Crippen LogP contribution in [-0.2, 0) is 6.54 Å². The van der Waals surface area contributed by atoms with Crippen molar-refractivity contribution in [2.75, 3.05) is 0 Å². The first-order valence-corrected chi connectivity index (χ1v) is 6.50. The molecule has 0 radical (unpaired) electrons. The Morgan fingerprint density at radius 2 is 2.40 bits per heavy atom. The summed E-state index contributed by atoms with van der Waals surface area (Å²) >= 11 is 9.26. The van der Waals surface area contributed by atoms with Crippen LogP contribution in [0.1, 0.15) is 5.56 Å². The highest BCUT2D eigenvalue weighted by Gasteiger charge is 2.06. The van der Waals surface area contributed by atoms with Gasteiger partial charge in [0.1, 0.15) is 8.72 Å². The van der Waals surface area contributed by atoms with Crippen LogP contribution in [-0.4, -0.2) is 9.55 Å². The van der Waals surface area contributed by atoms with Gasteiger partial charge in [-0.1, -0.05) is 11.6 Å². The van der Waals surface area contributed by atoms with E-state index < -0.39 is 0 Å². The molecule has 0 bridgehead atoms. The van der Waals surface area contributed by atoms with Gasteiger partial charge in [0.2, 0.25) is 0 Å². The largest absolute Gasteiger partial charge is 0.294 e. The minimum atomic E-state index is -0.0956. The lowest BCUT2D eigenvalue weighted by Crippen LogP contribution is -2.23. The first-order chi connectivity index (χ1) is 7.18. The fraction of sp³-hybridized carbons (Fsp3) is 0.111. The maximum absolute atomic E-state index is 11.8. The Labute approximate surface area is 109 Å². The molecule has 2 rings (SSSR count). The van der Waals surface area contributed by atoms with Crippen molar-refractivity contribution in [3.63, 3.8) is 0 Å². The first-order valence-electron chi connectivity index (χ1n) is 4.10. The molecule has 0 fully saturated rings. The molecule has 2 aromatic heterocycles. The van der Waals surface area contributed by atoms with Crippen LogP contribution >= 0.6 is 45.5 Å². The molecule has 78 valence electrons. The van der Waals surface area contributed by atoms with Gasteiger partial charge >= 0.3 is 0 Å². The second-order valence-electron chi connectivity index (χ2n) is 2.91. The van der Waals surface area contributed by atoms with Crippen molar-refractivity contribution in [1.29, 1.82) is 0 Å². The number of halogens is 2. The minimum absolute atomic E-state index is 0.0956. The lowest BCUT2D eigenvalue weighted by molar-refractivity contribution is 0.732. The Morgan fingerprint density at radius 1 is 1.60 bits per heavy atom. The van der Waals surface area contributed by atoms with Crippen LogP contribution in [0.5, 0.6) is 0 Å². The van der Waals surface area contributed by atoms with E-state index in [1.165, 1.54) is 6.33 Å². The number of hydrogen-bond donors (Lipinski definition) is 0. The number of thiophene rings is 1. The van der Waals surface area contributed by atoms with E-state index >= 15 is 0 Å². The molecule has 3 nitrogen and oxygen atoms in total. The van der Waals surface area contributed by atoms with Gasteiger partial charge in [0.15, 0.2) is 0 Å². The van der Waals surface area contributed by atoms with Crippen LogP contribution in [0.25, 0.3) is 0 Å². The van der Waals surface area contributed by atoms with E-state index in [0.717, 1.165) is 5.56 Å². The highest BCUT2D eigenvalue weighted by atomic mass is 127. The number of rotatable bonds is 2. The van der Waals surface area contributed by atoms with Crippen molar-refractivity contribution >= 4 is 45.5 Å². The van der Waals surface area contributed by atoms with Crippen molar-refractivity contribution in [1.82, 2.24) is 9.55 Å². The monoisotopic (exact) mass is 352 g/mol. The fourth-order valence-electron chi connectivity index (χ4n) is 1.14. The molecular formula is C9H6ClIN2OS. The van der Waals surface area contributed by atoms with E-state index in [0.29, 0.717) is 10.1 Å². The summed E-state index contributed by atoms with van der Waals surface area (Å²) in [5, 5.41) is 4.25. The highest BCUT2D eigenvalue weighted by Crippen LogP contribution is 2.11. The topological polar surface area (TPSA) is 34.9 Å². The van der Waals surface area contributed by atoms with E-state index in [-0.39, 0.29) is 10.7 Å². The molecule has 0 saturated carbocycles. The standard InChI is InChI=1S/C9H6ClIN2OS/c10-8-7(11)9(14)13(5-12-8)3-6-1-2-15-4-6/h1-2,4-5H,3H2.